The van der Waals surface area contributed by atoms with Crippen LogP contribution >= 0.6 is 11.3 Å². The molecule has 1 saturated carbocycles. The zero-order valence-corrected chi connectivity index (χ0v) is 11.7. The van der Waals surface area contributed by atoms with E-state index in [0.717, 1.165) is 18.4 Å². The highest BCUT2D eigenvalue weighted by molar-refractivity contribution is 7.07. The summed E-state index contributed by atoms with van der Waals surface area (Å²) in [4.78, 5) is 14.3. The van der Waals surface area contributed by atoms with Gasteiger partial charge in [0.1, 0.15) is 5.82 Å². The number of halogens is 1. The number of hydrogen-bond acceptors (Lipinski definition) is 3. The van der Waals surface area contributed by atoms with Crippen molar-refractivity contribution in [1.29, 1.82) is 0 Å². The molecule has 0 unspecified atom stereocenters. The summed E-state index contributed by atoms with van der Waals surface area (Å²) in [5.41, 5.74) is 7.21. The Morgan fingerprint density at radius 3 is 2.85 bits per heavy atom. The van der Waals surface area contributed by atoms with Crippen LogP contribution < -0.4 is 5.73 Å². The topological polar surface area (TPSA) is 46.3 Å². The molecule has 0 spiro atoms. The number of hydrogen-bond donors (Lipinski definition) is 1. The van der Waals surface area contributed by atoms with Crippen LogP contribution in [0.5, 0.6) is 0 Å². The lowest BCUT2D eigenvalue weighted by atomic mass is 10.1. The van der Waals surface area contributed by atoms with Gasteiger partial charge in [-0.25, -0.2) is 4.39 Å². The zero-order valence-electron chi connectivity index (χ0n) is 10.9. The van der Waals surface area contributed by atoms with E-state index in [1.165, 1.54) is 18.2 Å². The van der Waals surface area contributed by atoms with Crippen LogP contribution in [-0.2, 0) is 6.54 Å². The number of carbonyl (C=O) groups is 1. The Morgan fingerprint density at radius 1 is 1.40 bits per heavy atom. The normalized spacial score (nSPS) is 14.2. The molecule has 20 heavy (non-hydrogen) atoms. The van der Waals surface area contributed by atoms with Crippen LogP contribution in [0.3, 0.4) is 0 Å². The highest BCUT2D eigenvalue weighted by Crippen LogP contribution is 2.31. The molecule has 3 rings (SSSR count). The van der Waals surface area contributed by atoms with E-state index in [9.17, 15) is 9.18 Å². The Labute approximate surface area is 120 Å². The van der Waals surface area contributed by atoms with E-state index in [0.29, 0.717) is 12.2 Å². The van der Waals surface area contributed by atoms with Gasteiger partial charge in [0.15, 0.2) is 0 Å². The molecule has 1 aliphatic rings. The smallest absolute Gasteiger partial charge is 0.257 e. The van der Waals surface area contributed by atoms with E-state index in [-0.39, 0.29) is 17.5 Å². The molecule has 1 aromatic carbocycles. The number of rotatable bonds is 4. The summed E-state index contributed by atoms with van der Waals surface area (Å²) in [6.07, 6.45) is 1.97. The second-order valence-corrected chi connectivity index (χ2v) is 5.82. The summed E-state index contributed by atoms with van der Waals surface area (Å²) in [5.74, 6) is -0.788. The maximum atomic E-state index is 13.8. The lowest BCUT2D eigenvalue weighted by Gasteiger charge is -2.22. The highest BCUT2D eigenvalue weighted by Gasteiger charge is 2.34. The van der Waals surface area contributed by atoms with Crippen LogP contribution in [0.4, 0.5) is 10.1 Å². The van der Waals surface area contributed by atoms with Crippen molar-refractivity contribution in [3.05, 3.63) is 52.0 Å². The van der Waals surface area contributed by atoms with E-state index in [4.69, 9.17) is 5.73 Å². The van der Waals surface area contributed by atoms with Crippen LogP contribution in [-0.4, -0.2) is 16.8 Å². The number of thiophene rings is 1. The van der Waals surface area contributed by atoms with Crippen molar-refractivity contribution in [3.8, 4) is 0 Å². The Balaban J connectivity index is 1.87. The fourth-order valence-corrected chi connectivity index (χ4v) is 2.85. The van der Waals surface area contributed by atoms with Gasteiger partial charge in [-0.3, -0.25) is 4.79 Å². The van der Waals surface area contributed by atoms with Gasteiger partial charge in [0.2, 0.25) is 0 Å². The van der Waals surface area contributed by atoms with Gasteiger partial charge >= 0.3 is 0 Å². The Hall–Kier alpha value is -1.88. The standard InChI is InChI=1S/C15H15FN2OS/c16-14-4-1-11(17)7-13(14)15(19)18(12-2-3-12)8-10-5-6-20-9-10/h1,4-7,9,12H,2-3,8,17H2. The van der Waals surface area contributed by atoms with Gasteiger partial charge in [-0.2, -0.15) is 11.3 Å². The number of nitrogens with two attached hydrogens (primary N) is 1. The first-order valence-corrected chi connectivity index (χ1v) is 7.46. The van der Waals surface area contributed by atoms with Crippen LogP contribution in [0.2, 0.25) is 0 Å². The van der Waals surface area contributed by atoms with Gasteiger partial charge in [-0.05, 0) is 53.4 Å². The van der Waals surface area contributed by atoms with Crippen molar-refractivity contribution in [2.75, 3.05) is 5.73 Å². The average molecular weight is 290 g/mol. The summed E-state index contributed by atoms with van der Waals surface area (Å²) in [6.45, 7) is 0.529. The SMILES string of the molecule is Nc1ccc(F)c(C(=O)N(Cc2ccsc2)C2CC2)c1. The summed E-state index contributed by atoms with van der Waals surface area (Å²) in [6, 6.07) is 6.34. The van der Waals surface area contributed by atoms with E-state index < -0.39 is 5.82 Å². The highest BCUT2D eigenvalue weighted by atomic mass is 32.1. The first-order chi connectivity index (χ1) is 9.65. The van der Waals surface area contributed by atoms with Gasteiger partial charge in [0, 0.05) is 18.3 Å². The maximum Gasteiger partial charge on any atom is 0.257 e. The zero-order chi connectivity index (χ0) is 14.1. The Bertz CT molecular complexity index is 623. The van der Waals surface area contributed by atoms with Gasteiger partial charge in [-0.1, -0.05) is 0 Å². The molecular weight excluding hydrogens is 275 g/mol. The molecule has 0 radical (unpaired) electrons. The summed E-state index contributed by atoms with van der Waals surface area (Å²) >= 11 is 1.59. The number of benzene rings is 1. The first kappa shape index (κ1) is 13.1. The quantitative estimate of drug-likeness (QED) is 0.878. The molecule has 0 bridgehead atoms. The number of nitrogen functional groups attached to an aromatic ring is 1. The predicted molar refractivity (Wildman–Crippen MR) is 78.0 cm³/mol. The Kier molecular flexibility index (Phi) is 3.44. The third-order valence-electron chi connectivity index (χ3n) is 3.40. The van der Waals surface area contributed by atoms with Crippen LogP contribution in [0.15, 0.2) is 35.0 Å². The molecule has 0 atom stereocenters. The molecule has 1 aliphatic carbocycles. The number of carbonyl (C=O) groups excluding carboxylic acids is 1. The molecule has 3 nitrogen and oxygen atoms in total. The minimum Gasteiger partial charge on any atom is -0.399 e. The summed E-state index contributed by atoms with van der Waals surface area (Å²) in [5, 5.41) is 3.99. The fourth-order valence-electron chi connectivity index (χ4n) is 2.19. The second-order valence-electron chi connectivity index (χ2n) is 5.04. The number of amides is 1. The molecule has 0 saturated heterocycles. The molecule has 2 N–H and O–H groups in total. The third-order valence-corrected chi connectivity index (χ3v) is 4.13. The summed E-state index contributed by atoms with van der Waals surface area (Å²) in [7, 11) is 0. The lowest BCUT2D eigenvalue weighted by Crippen LogP contribution is -2.33. The van der Waals surface area contributed by atoms with Crippen molar-refractivity contribution in [2.45, 2.75) is 25.4 Å². The monoisotopic (exact) mass is 290 g/mol. The minimum absolute atomic E-state index is 0.0622. The van der Waals surface area contributed by atoms with Gasteiger partial charge in [-0.15, -0.1) is 0 Å². The number of anilines is 1. The van der Waals surface area contributed by atoms with E-state index >= 15 is 0 Å². The van der Waals surface area contributed by atoms with Gasteiger partial charge in [0.25, 0.3) is 5.91 Å². The molecular formula is C15H15FN2OS. The van der Waals surface area contributed by atoms with Crippen LogP contribution in [0.1, 0.15) is 28.8 Å². The summed E-state index contributed by atoms with van der Waals surface area (Å²) < 4.78 is 13.8. The van der Waals surface area contributed by atoms with E-state index in [2.05, 4.69) is 0 Å². The van der Waals surface area contributed by atoms with Crippen molar-refractivity contribution < 1.29 is 9.18 Å². The van der Waals surface area contributed by atoms with Crippen molar-refractivity contribution >= 4 is 22.9 Å². The lowest BCUT2D eigenvalue weighted by molar-refractivity contribution is 0.0725. The molecule has 0 aliphatic heterocycles. The maximum absolute atomic E-state index is 13.8. The fraction of sp³-hybridized carbons (Fsp3) is 0.267. The van der Waals surface area contributed by atoms with Crippen LogP contribution in [0.25, 0.3) is 0 Å². The van der Waals surface area contributed by atoms with Gasteiger partial charge < -0.3 is 10.6 Å². The second kappa shape index (κ2) is 5.25. The third kappa shape index (κ3) is 2.67. The molecule has 1 fully saturated rings. The molecule has 1 heterocycles. The molecule has 5 heteroatoms. The molecule has 104 valence electrons. The van der Waals surface area contributed by atoms with Crippen molar-refractivity contribution in [2.24, 2.45) is 0 Å². The molecule has 1 amide bonds. The van der Waals surface area contributed by atoms with Crippen molar-refractivity contribution in [3.63, 3.8) is 0 Å². The first-order valence-electron chi connectivity index (χ1n) is 6.52. The largest absolute Gasteiger partial charge is 0.399 e. The van der Waals surface area contributed by atoms with Gasteiger partial charge in [0.05, 0.1) is 5.56 Å². The van der Waals surface area contributed by atoms with Crippen molar-refractivity contribution in [1.82, 2.24) is 4.90 Å². The minimum atomic E-state index is -0.514. The van der Waals surface area contributed by atoms with Crippen LogP contribution in [0, 0.1) is 5.82 Å². The average Bonchev–Trinajstić information content (AvgIpc) is 3.15. The molecule has 1 aromatic heterocycles. The van der Waals surface area contributed by atoms with E-state index in [1.807, 2.05) is 16.8 Å². The van der Waals surface area contributed by atoms with E-state index in [1.54, 1.807) is 16.2 Å². The number of nitrogens with zero attached hydrogens (tertiary/aromatic N) is 1. The Morgan fingerprint density at radius 2 is 2.20 bits per heavy atom. The predicted octanol–water partition coefficient (Wildman–Crippen LogP) is 3.27. The molecule has 2 aromatic rings.